The molecule has 0 aromatic rings. The first-order valence-corrected chi connectivity index (χ1v) is 11.8. The number of likely N-dealkylation sites (N-methyl/N-ethyl adjacent to an activating group) is 1. The normalized spacial score (nSPS) is 38.9. The van der Waals surface area contributed by atoms with Gasteiger partial charge in [-0.15, -0.1) is 23.4 Å². The molecule has 2 saturated heterocycles. The molecule has 0 aromatic heterocycles. The lowest BCUT2D eigenvalue weighted by molar-refractivity contribution is -0.205. The standard InChI is InChI=1S/C19H35ClN2O5S/c1-5-6-11-8-13(22(3)9-11)18(26)21-12(7-10(2)20)17-15(24)14(23)16(25)19(27-17)28-4/h10-17,19,23-25H,5-9H2,1-4H3,(H,21,26)/t10-,11+,12+,13+,14-,15+,16+,17+,19+/m0/s1. The number of aliphatic hydroxyl groups excluding tert-OH is 3. The molecular weight excluding hydrogens is 404 g/mol. The number of nitrogens with zero attached hydrogens (tertiary/aromatic N) is 1. The molecule has 0 unspecified atom stereocenters. The first kappa shape index (κ1) is 24.2. The summed E-state index contributed by atoms with van der Waals surface area (Å²) in [6, 6.07) is -0.789. The summed E-state index contributed by atoms with van der Waals surface area (Å²) < 4.78 is 5.86. The highest BCUT2D eigenvalue weighted by Gasteiger charge is 2.47. The molecule has 164 valence electrons. The first-order chi connectivity index (χ1) is 13.2. The maximum atomic E-state index is 13.0. The second kappa shape index (κ2) is 10.8. The molecule has 2 heterocycles. The number of thioether (sulfide) groups is 1. The van der Waals surface area contributed by atoms with E-state index in [9.17, 15) is 20.1 Å². The molecule has 1 amide bonds. The number of carbonyl (C=O) groups is 1. The van der Waals surface area contributed by atoms with Crippen LogP contribution in [0.1, 0.15) is 39.5 Å². The zero-order valence-electron chi connectivity index (χ0n) is 17.1. The van der Waals surface area contributed by atoms with Crippen molar-refractivity contribution in [3.8, 4) is 0 Å². The van der Waals surface area contributed by atoms with Gasteiger partial charge in [-0.3, -0.25) is 9.69 Å². The van der Waals surface area contributed by atoms with Crippen LogP contribution in [0.5, 0.6) is 0 Å². The summed E-state index contributed by atoms with van der Waals surface area (Å²) in [5.74, 6) is 0.394. The van der Waals surface area contributed by atoms with Crippen LogP contribution in [0.25, 0.3) is 0 Å². The molecule has 0 aromatic carbocycles. The van der Waals surface area contributed by atoms with Gasteiger partial charge in [0.2, 0.25) is 5.91 Å². The number of rotatable bonds is 8. The summed E-state index contributed by atoms with van der Waals surface area (Å²) >= 11 is 7.45. The van der Waals surface area contributed by atoms with Crippen molar-refractivity contribution in [2.24, 2.45) is 5.92 Å². The van der Waals surface area contributed by atoms with Gasteiger partial charge in [-0.2, -0.15) is 0 Å². The van der Waals surface area contributed by atoms with Crippen LogP contribution in [0, 0.1) is 5.92 Å². The van der Waals surface area contributed by atoms with Crippen LogP contribution in [-0.2, 0) is 9.53 Å². The average molecular weight is 439 g/mol. The quantitative estimate of drug-likeness (QED) is 0.415. The monoisotopic (exact) mass is 438 g/mol. The van der Waals surface area contributed by atoms with E-state index in [1.165, 1.54) is 11.8 Å². The Bertz CT molecular complexity index is 513. The van der Waals surface area contributed by atoms with Gasteiger partial charge in [0.15, 0.2) is 0 Å². The Morgan fingerprint density at radius 1 is 1.32 bits per heavy atom. The number of carbonyl (C=O) groups excluding carboxylic acids is 1. The third-order valence-corrected chi connectivity index (χ3v) is 6.81. The lowest BCUT2D eigenvalue weighted by Crippen LogP contribution is -2.63. The number of likely N-dealkylation sites (tertiary alicyclic amines) is 1. The van der Waals surface area contributed by atoms with Crippen LogP contribution in [0.2, 0.25) is 0 Å². The Morgan fingerprint density at radius 3 is 2.57 bits per heavy atom. The molecular formula is C19H35ClN2O5S. The molecule has 0 radical (unpaired) electrons. The molecule has 2 fully saturated rings. The van der Waals surface area contributed by atoms with E-state index in [1.54, 1.807) is 6.26 Å². The van der Waals surface area contributed by atoms with Crippen molar-refractivity contribution >= 4 is 29.3 Å². The topological polar surface area (TPSA) is 102 Å². The van der Waals surface area contributed by atoms with E-state index < -0.39 is 35.9 Å². The van der Waals surface area contributed by atoms with E-state index in [4.69, 9.17) is 16.3 Å². The lowest BCUT2D eigenvalue weighted by atomic mass is 9.92. The van der Waals surface area contributed by atoms with Crippen LogP contribution >= 0.6 is 23.4 Å². The molecule has 28 heavy (non-hydrogen) atoms. The van der Waals surface area contributed by atoms with Gasteiger partial charge in [0.25, 0.3) is 0 Å². The van der Waals surface area contributed by atoms with E-state index >= 15 is 0 Å². The average Bonchev–Trinajstić information content (AvgIpc) is 3.00. The number of hydrogen-bond acceptors (Lipinski definition) is 7. The second-order valence-electron chi connectivity index (χ2n) is 8.15. The minimum absolute atomic E-state index is 0.111. The summed E-state index contributed by atoms with van der Waals surface area (Å²) in [5, 5.41) is 33.6. The van der Waals surface area contributed by atoms with Crippen LogP contribution in [0.15, 0.2) is 0 Å². The van der Waals surface area contributed by atoms with E-state index in [1.807, 2.05) is 14.0 Å². The fraction of sp³-hybridized carbons (Fsp3) is 0.947. The predicted octanol–water partition coefficient (Wildman–Crippen LogP) is 0.780. The van der Waals surface area contributed by atoms with E-state index in [-0.39, 0.29) is 17.3 Å². The highest BCUT2D eigenvalue weighted by atomic mass is 35.5. The highest BCUT2D eigenvalue weighted by molar-refractivity contribution is 7.99. The van der Waals surface area contributed by atoms with Gasteiger partial charge in [-0.1, -0.05) is 13.3 Å². The molecule has 9 heteroatoms. The predicted molar refractivity (Wildman–Crippen MR) is 111 cm³/mol. The number of ether oxygens (including phenoxy) is 1. The molecule has 4 N–H and O–H groups in total. The van der Waals surface area contributed by atoms with Crippen LogP contribution in [0.3, 0.4) is 0 Å². The first-order valence-electron chi connectivity index (χ1n) is 10.1. The van der Waals surface area contributed by atoms with E-state index in [0.717, 1.165) is 25.8 Å². The van der Waals surface area contributed by atoms with Crippen molar-refractivity contribution in [3.63, 3.8) is 0 Å². The van der Waals surface area contributed by atoms with Crippen molar-refractivity contribution in [2.75, 3.05) is 19.8 Å². The number of amides is 1. The summed E-state index contributed by atoms with van der Waals surface area (Å²) in [7, 11) is 1.95. The summed E-state index contributed by atoms with van der Waals surface area (Å²) in [5.41, 5.74) is -0.684. The Morgan fingerprint density at radius 2 is 2.00 bits per heavy atom. The summed E-state index contributed by atoms with van der Waals surface area (Å²) in [6.45, 7) is 4.85. The molecule has 0 aliphatic carbocycles. The minimum Gasteiger partial charge on any atom is -0.388 e. The molecule has 0 bridgehead atoms. The maximum absolute atomic E-state index is 13.0. The van der Waals surface area contributed by atoms with Gasteiger partial charge in [0.05, 0.1) is 12.1 Å². The third-order valence-electron chi connectivity index (χ3n) is 5.78. The largest absolute Gasteiger partial charge is 0.388 e. The van der Waals surface area contributed by atoms with Gasteiger partial charge in [0, 0.05) is 11.9 Å². The molecule has 7 nitrogen and oxygen atoms in total. The number of hydrogen-bond donors (Lipinski definition) is 4. The van der Waals surface area contributed by atoms with Crippen molar-refractivity contribution in [3.05, 3.63) is 0 Å². The van der Waals surface area contributed by atoms with Crippen LogP contribution in [0.4, 0.5) is 0 Å². The van der Waals surface area contributed by atoms with E-state index in [2.05, 4.69) is 17.1 Å². The Kier molecular flexibility index (Phi) is 9.32. The van der Waals surface area contributed by atoms with Gasteiger partial charge in [-0.25, -0.2) is 0 Å². The molecule has 2 aliphatic rings. The third kappa shape index (κ3) is 5.74. The molecule has 9 atom stereocenters. The Hall–Kier alpha value is -0.0900. The zero-order chi connectivity index (χ0) is 21.0. The van der Waals surface area contributed by atoms with Gasteiger partial charge < -0.3 is 25.4 Å². The second-order valence-corrected chi connectivity index (χ2v) is 9.83. The summed E-state index contributed by atoms with van der Waals surface area (Å²) in [6.07, 6.45) is 0.445. The molecule has 2 aliphatic heterocycles. The Balaban J connectivity index is 2.11. The van der Waals surface area contributed by atoms with Gasteiger partial charge >= 0.3 is 0 Å². The van der Waals surface area contributed by atoms with Crippen molar-refractivity contribution in [2.45, 2.75) is 86.8 Å². The molecule has 2 rings (SSSR count). The molecule has 0 saturated carbocycles. The number of alkyl halides is 1. The smallest absolute Gasteiger partial charge is 0.237 e. The zero-order valence-corrected chi connectivity index (χ0v) is 18.7. The Labute approximate surface area is 177 Å². The van der Waals surface area contributed by atoms with Crippen molar-refractivity contribution in [1.29, 1.82) is 0 Å². The lowest BCUT2D eigenvalue weighted by Gasteiger charge is -2.43. The van der Waals surface area contributed by atoms with Crippen LogP contribution < -0.4 is 5.32 Å². The fourth-order valence-corrected chi connectivity index (χ4v) is 5.21. The number of nitrogens with one attached hydrogen (secondary N) is 1. The van der Waals surface area contributed by atoms with Crippen LogP contribution in [-0.4, -0.2) is 93.3 Å². The number of aliphatic hydroxyl groups is 3. The fourth-order valence-electron chi connectivity index (χ4n) is 4.33. The summed E-state index contributed by atoms with van der Waals surface area (Å²) in [4.78, 5) is 15.1. The highest BCUT2D eigenvalue weighted by Crippen LogP contribution is 2.31. The SMILES string of the molecule is CCC[C@@H]1C[C@H](C(=O)N[C@H](C[C@H](C)Cl)[C@H]2O[C@H](SC)[C@H](O)[C@@H](O)[C@H]2O)N(C)C1. The van der Waals surface area contributed by atoms with Gasteiger partial charge in [0.1, 0.15) is 29.9 Å². The van der Waals surface area contributed by atoms with E-state index in [0.29, 0.717) is 12.3 Å². The number of halogens is 1. The van der Waals surface area contributed by atoms with Crippen molar-refractivity contribution in [1.82, 2.24) is 10.2 Å². The molecule has 0 spiro atoms. The minimum atomic E-state index is -1.34. The van der Waals surface area contributed by atoms with Gasteiger partial charge in [-0.05, 0) is 45.4 Å². The van der Waals surface area contributed by atoms with Crippen molar-refractivity contribution < 1.29 is 24.9 Å². The maximum Gasteiger partial charge on any atom is 0.237 e.